The van der Waals surface area contributed by atoms with E-state index in [4.69, 9.17) is 34.8 Å². The second kappa shape index (κ2) is 23.4. The van der Waals surface area contributed by atoms with Gasteiger partial charge in [0.25, 0.3) is 22.2 Å². The minimum absolute atomic E-state index is 0.00210. The van der Waals surface area contributed by atoms with Gasteiger partial charge in [0.15, 0.2) is 10.0 Å². The lowest BCUT2D eigenvalue weighted by molar-refractivity contribution is -0.0586. The Morgan fingerprint density at radius 2 is 0.900 bits per heavy atom. The molecule has 4 aromatic heterocycles. The number of benzene rings is 2. The Morgan fingerprint density at radius 3 is 1.23 bits per heavy atom. The Kier molecular flexibility index (Phi) is 19.3. The summed E-state index contributed by atoms with van der Waals surface area (Å²) in [6.07, 6.45) is 2.08. The summed E-state index contributed by atoms with van der Waals surface area (Å²) in [6, 6.07) is 7.07. The molecule has 440 valence electrons. The summed E-state index contributed by atoms with van der Waals surface area (Å²) in [5, 5.41) is 9.56. The molecule has 80 heavy (non-hydrogen) atoms. The van der Waals surface area contributed by atoms with Crippen molar-refractivity contribution in [2.75, 3.05) is 0 Å². The molecule has 2 aromatic carbocycles. The number of alkyl halides is 12. The predicted molar refractivity (Wildman–Crippen MR) is 279 cm³/mol. The van der Waals surface area contributed by atoms with Gasteiger partial charge in [-0.05, 0) is 121 Å². The number of halogens is 16. The van der Waals surface area contributed by atoms with Crippen LogP contribution >= 0.6 is 80.0 Å². The fraction of sp³-hybridized carbons (Fsp3) is 0.350. The van der Waals surface area contributed by atoms with Crippen molar-refractivity contribution in [2.24, 2.45) is 14.1 Å². The molecule has 4 heterocycles. The van der Waals surface area contributed by atoms with E-state index in [0.29, 0.717) is 42.0 Å². The molecule has 0 atom stereocenters. The highest BCUT2D eigenvalue weighted by Gasteiger charge is 2.57. The van der Waals surface area contributed by atoms with Crippen molar-refractivity contribution in [3.63, 3.8) is 0 Å². The first-order valence-corrected chi connectivity index (χ1v) is 28.7. The van der Waals surface area contributed by atoms with Gasteiger partial charge in [-0.3, -0.25) is 37.4 Å². The Labute approximate surface area is 480 Å². The van der Waals surface area contributed by atoms with Crippen molar-refractivity contribution in [2.45, 2.75) is 72.4 Å². The lowest BCUT2D eigenvalue weighted by Gasteiger charge is -2.20. The molecule has 40 heteroatoms. The Balaban J connectivity index is 0.000000228. The molecule has 0 aliphatic heterocycles. The van der Waals surface area contributed by atoms with Crippen LogP contribution in [0.5, 0.6) is 11.5 Å². The Morgan fingerprint density at radius 1 is 0.575 bits per heavy atom. The maximum atomic E-state index is 14.9. The maximum Gasteiger partial charge on any atom is 0.534 e. The molecule has 8 rings (SSSR count). The fourth-order valence-electron chi connectivity index (χ4n) is 7.06. The lowest BCUT2D eigenvalue weighted by atomic mass is 10.2. The average Bonchev–Trinajstić information content (AvgIpc) is 4.25. The van der Waals surface area contributed by atoms with Crippen LogP contribution in [-0.4, -0.2) is 78.6 Å². The van der Waals surface area contributed by atoms with Crippen molar-refractivity contribution in [3.05, 3.63) is 129 Å². The third-order valence-corrected chi connectivity index (χ3v) is 15.8. The number of aromatic hydroxyl groups is 1. The number of fused-ring (bicyclic) bond motifs is 2. The minimum atomic E-state index is -6.85. The van der Waals surface area contributed by atoms with Crippen LogP contribution in [0.1, 0.15) is 48.9 Å². The molecule has 1 N–H and O–H groups in total. The summed E-state index contributed by atoms with van der Waals surface area (Å²) in [6.45, 7) is 2.38. The predicted octanol–water partition coefficient (Wildman–Crippen LogP) is 7.10. The van der Waals surface area contributed by atoms with Gasteiger partial charge < -0.3 is 9.29 Å². The van der Waals surface area contributed by atoms with Crippen LogP contribution in [0.15, 0.2) is 65.2 Å². The van der Waals surface area contributed by atoms with E-state index in [1.807, 2.05) is 48.8 Å². The van der Waals surface area contributed by atoms with Crippen LogP contribution < -0.4 is 37.8 Å². The number of pyridine rings is 2. The highest BCUT2D eigenvalue weighted by Crippen LogP contribution is 2.37. The van der Waals surface area contributed by atoms with Crippen LogP contribution in [0.3, 0.4) is 0 Å². The van der Waals surface area contributed by atoms with Crippen molar-refractivity contribution in [3.8, 4) is 22.9 Å². The van der Waals surface area contributed by atoms with E-state index in [-0.39, 0.29) is 28.3 Å². The number of aryl methyl sites for hydroxylation is 2. The van der Waals surface area contributed by atoms with Crippen molar-refractivity contribution >= 4 is 132 Å². The second-order valence-corrected chi connectivity index (χ2v) is 25.7. The maximum absolute atomic E-state index is 14.9. The molecule has 2 saturated carbocycles. The summed E-state index contributed by atoms with van der Waals surface area (Å²) in [5.41, 5.74) is -25.4. The van der Waals surface area contributed by atoms with E-state index in [0.717, 1.165) is 38.3 Å². The molecule has 0 unspecified atom stereocenters. The molecule has 21 nitrogen and oxygen atoms in total. The van der Waals surface area contributed by atoms with E-state index in [1.165, 1.54) is 38.2 Å². The average molecular weight is 1500 g/mol. The van der Waals surface area contributed by atoms with Crippen LogP contribution in [0.4, 0.5) is 48.3 Å². The smallest absolute Gasteiger partial charge is 0.506 e. The van der Waals surface area contributed by atoms with Gasteiger partial charge in [0, 0.05) is 33.3 Å². The molecule has 0 saturated heterocycles. The van der Waals surface area contributed by atoms with Gasteiger partial charge in [-0.2, -0.15) is 64.8 Å². The molecule has 6 aromatic rings. The molecular formula is C40H30Cl3F11I2N6O15S3. The second-order valence-electron chi connectivity index (χ2n) is 16.4. The third kappa shape index (κ3) is 13.3. The summed E-state index contributed by atoms with van der Waals surface area (Å²) in [4.78, 5) is 78.0. The number of hydrogen-bond acceptors (Lipinski definition) is 15. The van der Waals surface area contributed by atoms with Gasteiger partial charge in [-0.1, -0.05) is 34.8 Å². The molecular weight excluding hydrogens is 1470 g/mol. The van der Waals surface area contributed by atoms with E-state index in [2.05, 4.69) is 4.18 Å². The topological polar surface area (TPSA) is 273 Å². The standard InChI is InChI=1S/C19H14F4IN3O6S.C18H15FIN3O4.C2F6O5S2.CHCl3/c1-8-14(33-34(31,32)19(21,22)23)13-15(25(2)16(8)28)27(12-6-3-9(24)7-11(12)20)18(30)26(17(13)29)10-4-5-10;1-8-14(24)13-15(21(2)16(8)25)23(12-6-3-9(20)7-11(12)19)18(27)22(17(13)26)10-4-5-10;3-1(4,5)14(9,10)13-15(11,12)2(6,7)8;2-1(3)4/h3,6-7,10H,4-5H2,1-2H3;3,6-7,10,24H,4-5H2,1-2H3;;1H. The summed E-state index contributed by atoms with van der Waals surface area (Å²) < 4.78 is 212. The molecule has 0 amide bonds. The van der Waals surface area contributed by atoms with Gasteiger partial charge >= 0.3 is 58.3 Å². The van der Waals surface area contributed by atoms with E-state index in [1.54, 1.807) is 6.07 Å². The fourth-order valence-corrected chi connectivity index (χ4v) is 10.1. The monoisotopic (exact) mass is 1500 g/mol. The number of hydrogen-bond donors (Lipinski definition) is 1. The molecule has 2 aliphatic carbocycles. The first-order valence-electron chi connectivity index (χ1n) is 21.0. The number of nitrogens with zero attached hydrogens (tertiary/aromatic N) is 6. The molecule has 2 aliphatic rings. The van der Waals surface area contributed by atoms with Gasteiger partial charge in [0.05, 0.1) is 22.5 Å². The van der Waals surface area contributed by atoms with Gasteiger partial charge in [0.1, 0.15) is 39.5 Å². The first kappa shape index (κ1) is 66.0. The quantitative estimate of drug-likeness (QED) is 0.0523. The summed E-state index contributed by atoms with van der Waals surface area (Å²) >= 11 is 18.2. The zero-order valence-electron chi connectivity index (χ0n) is 39.6. The SMILES string of the molecule is Cc1c(O)c2c(=O)n(C3CC3)c(=O)n(-c3ccc(I)cc3F)c2n(C)c1=O.Cc1c(OS(=O)(=O)C(F)(F)F)c2c(=O)n(C3CC3)c(=O)n(-c3ccc(I)cc3F)c2n(C)c1=O.ClC(Cl)Cl.O=S(=O)(OS(=O)(=O)C(F)(F)F)C(F)(F)F. The van der Waals surface area contributed by atoms with Crippen molar-refractivity contribution < 1.29 is 86.5 Å². The first-order chi connectivity index (χ1) is 36.3. The van der Waals surface area contributed by atoms with Gasteiger partial charge in [-0.15, -0.1) is 3.63 Å². The third-order valence-electron chi connectivity index (χ3n) is 10.9. The highest BCUT2D eigenvalue weighted by atomic mass is 127. The van der Waals surface area contributed by atoms with E-state index >= 15 is 0 Å². The molecule has 0 bridgehead atoms. The molecule has 2 fully saturated rings. The lowest BCUT2D eigenvalue weighted by Crippen LogP contribution is -2.42. The van der Waals surface area contributed by atoms with Gasteiger partial charge in [-0.25, -0.2) is 27.5 Å². The summed E-state index contributed by atoms with van der Waals surface area (Å²) in [5.74, 6) is -3.24. The van der Waals surface area contributed by atoms with Crippen LogP contribution in [0, 0.1) is 32.6 Å². The van der Waals surface area contributed by atoms with E-state index in [9.17, 15) is 107 Å². The Bertz CT molecular complexity index is 4210. The largest absolute Gasteiger partial charge is 0.534 e. The highest BCUT2D eigenvalue weighted by molar-refractivity contribution is 14.1. The van der Waals surface area contributed by atoms with Crippen molar-refractivity contribution in [1.29, 1.82) is 0 Å². The van der Waals surface area contributed by atoms with E-state index < -0.39 is 136 Å². The number of aromatic nitrogens is 6. The van der Waals surface area contributed by atoms with Crippen LogP contribution in [-0.2, 0) is 48.1 Å². The summed E-state index contributed by atoms with van der Waals surface area (Å²) in [7, 11) is -17.5. The zero-order valence-corrected chi connectivity index (χ0v) is 48.7. The molecule has 0 radical (unpaired) electrons. The number of rotatable bonds is 8. The minimum Gasteiger partial charge on any atom is -0.506 e. The zero-order chi connectivity index (χ0) is 61.2. The normalized spacial score (nSPS) is 14.3. The van der Waals surface area contributed by atoms with Crippen molar-refractivity contribution in [1.82, 2.24) is 27.4 Å². The Hall–Kier alpha value is -4.81. The van der Waals surface area contributed by atoms with Gasteiger partial charge in [0.2, 0.25) is 0 Å². The van der Waals surface area contributed by atoms with Crippen LogP contribution in [0.2, 0.25) is 0 Å². The molecule has 0 spiro atoms. The van der Waals surface area contributed by atoms with Crippen LogP contribution in [0.25, 0.3) is 33.4 Å².